The number of halogens is 1. The molecule has 0 saturated carbocycles. The van der Waals surface area contributed by atoms with Crippen LogP contribution in [0.3, 0.4) is 0 Å². The molecule has 0 atom stereocenters. The largest absolute Gasteiger partial charge is 0.347 e. The van der Waals surface area contributed by atoms with Gasteiger partial charge < -0.3 is 10.6 Å². The summed E-state index contributed by atoms with van der Waals surface area (Å²) in [5.74, 6) is -1.25. The highest BCUT2D eigenvalue weighted by molar-refractivity contribution is 5.98. The van der Waals surface area contributed by atoms with Gasteiger partial charge in [-0.1, -0.05) is 36.4 Å². The van der Waals surface area contributed by atoms with Gasteiger partial charge in [0.1, 0.15) is 17.2 Å². The molecule has 0 fully saturated rings. The topological polar surface area (TPSA) is 105 Å². The molecule has 8 nitrogen and oxygen atoms in total. The Balaban J connectivity index is 1.49. The molecule has 0 unspecified atom stereocenters. The number of hydrogen-bond acceptors (Lipinski definition) is 5. The number of carbonyl (C=O) groups is 3. The summed E-state index contributed by atoms with van der Waals surface area (Å²) in [5.41, 5.74) is 3.19. The minimum atomic E-state index is -0.473. The average Bonchev–Trinajstić information content (AvgIpc) is 3.31. The lowest BCUT2D eigenvalue weighted by atomic mass is 10.1. The van der Waals surface area contributed by atoms with E-state index in [0.717, 1.165) is 11.1 Å². The fourth-order valence-electron chi connectivity index (χ4n) is 3.41. The highest BCUT2D eigenvalue weighted by atomic mass is 19.1. The monoisotopic (exact) mass is 459 g/mol. The fourth-order valence-corrected chi connectivity index (χ4v) is 3.41. The van der Waals surface area contributed by atoms with Crippen molar-refractivity contribution in [3.8, 4) is 0 Å². The fraction of sp³-hybridized carbons (Fsp3) is 0.160. The summed E-state index contributed by atoms with van der Waals surface area (Å²) in [6, 6.07) is 14.5. The van der Waals surface area contributed by atoms with Crippen molar-refractivity contribution in [3.05, 3.63) is 100 Å². The molecule has 0 aliphatic carbocycles. The van der Waals surface area contributed by atoms with Crippen molar-refractivity contribution in [3.63, 3.8) is 0 Å². The van der Waals surface area contributed by atoms with Crippen LogP contribution in [0.2, 0.25) is 0 Å². The highest BCUT2D eigenvalue weighted by Crippen LogP contribution is 2.11. The Bertz CT molecular complexity index is 1400. The number of nitrogens with one attached hydrogen (secondary N) is 2. The number of hydrogen-bond donors (Lipinski definition) is 2. The Morgan fingerprint density at radius 2 is 1.59 bits per heavy atom. The van der Waals surface area contributed by atoms with Crippen LogP contribution in [0, 0.1) is 12.7 Å². The summed E-state index contributed by atoms with van der Waals surface area (Å²) >= 11 is 0. The van der Waals surface area contributed by atoms with Gasteiger partial charge in [0.2, 0.25) is 0 Å². The molecule has 2 aromatic heterocycles. The zero-order valence-corrected chi connectivity index (χ0v) is 18.6. The van der Waals surface area contributed by atoms with Crippen LogP contribution in [0.15, 0.2) is 60.8 Å². The molecule has 0 aliphatic rings. The minimum Gasteiger partial charge on any atom is -0.347 e. The van der Waals surface area contributed by atoms with Crippen LogP contribution in [-0.2, 0) is 13.1 Å². The number of fused-ring (bicyclic) bond motifs is 1. The first-order valence-corrected chi connectivity index (χ1v) is 10.6. The Kier molecular flexibility index (Phi) is 6.44. The lowest BCUT2D eigenvalue weighted by molar-refractivity contribution is 0.0941. The number of benzene rings is 2. The van der Waals surface area contributed by atoms with Crippen molar-refractivity contribution in [2.75, 3.05) is 0 Å². The zero-order chi connectivity index (χ0) is 24.2. The predicted molar refractivity (Wildman–Crippen MR) is 123 cm³/mol. The van der Waals surface area contributed by atoms with Crippen LogP contribution in [0.5, 0.6) is 0 Å². The molecule has 2 heterocycles. The second-order valence-electron chi connectivity index (χ2n) is 7.83. The molecular formula is C25H22FN5O3. The molecule has 0 bridgehead atoms. The lowest BCUT2D eigenvalue weighted by Crippen LogP contribution is -2.28. The summed E-state index contributed by atoms with van der Waals surface area (Å²) in [7, 11) is 0. The first kappa shape index (κ1) is 22.8. The Hall–Kier alpha value is -4.40. The van der Waals surface area contributed by atoms with E-state index in [1.165, 1.54) is 29.8 Å². The van der Waals surface area contributed by atoms with E-state index in [-0.39, 0.29) is 36.1 Å². The second kappa shape index (κ2) is 9.62. The van der Waals surface area contributed by atoms with Crippen LogP contribution in [-0.4, -0.2) is 32.2 Å². The quantitative estimate of drug-likeness (QED) is 0.413. The van der Waals surface area contributed by atoms with Crippen molar-refractivity contribution in [2.45, 2.75) is 26.9 Å². The Labute approximate surface area is 194 Å². The third-order valence-electron chi connectivity index (χ3n) is 5.31. The third-order valence-corrected chi connectivity index (χ3v) is 5.31. The molecule has 2 aromatic carbocycles. The Morgan fingerprint density at radius 3 is 2.29 bits per heavy atom. The minimum absolute atomic E-state index is 0.0335. The van der Waals surface area contributed by atoms with Gasteiger partial charge in [0.15, 0.2) is 11.4 Å². The SMILES string of the molecule is CC(=O)c1ccc(CNC(=O)c2cc(C(=O)NCc3ccc(F)c(C)c3)nc3ccnn23)cc1. The molecule has 34 heavy (non-hydrogen) atoms. The number of aromatic nitrogens is 3. The van der Waals surface area contributed by atoms with Gasteiger partial charge in [-0.3, -0.25) is 14.4 Å². The summed E-state index contributed by atoms with van der Waals surface area (Å²) in [6.07, 6.45) is 1.49. The summed E-state index contributed by atoms with van der Waals surface area (Å²) < 4.78 is 14.8. The summed E-state index contributed by atoms with van der Waals surface area (Å²) in [5, 5.41) is 9.67. The van der Waals surface area contributed by atoms with Crippen LogP contribution in [0.25, 0.3) is 5.65 Å². The van der Waals surface area contributed by atoms with E-state index in [2.05, 4.69) is 20.7 Å². The number of ketones is 1. The number of Topliss-reactive ketones (excluding diaryl/α,β-unsaturated/α-hetero) is 1. The summed E-state index contributed by atoms with van der Waals surface area (Å²) in [6.45, 7) is 3.56. The van der Waals surface area contributed by atoms with E-state index < -0.39 is 11.8 Å². The molecule has 2 amide bonds. The van der Waals surface area contributed by atoms with E-state index in [0.29, 0.717) is 16.8 Å². The highest BCUT2D eigenvalue weighted by Gasteiger charge is 2.17. The predicted octanol–water partition coefficient (Wildman–Crippen LogP) is 3.24. The van der Waals surface area contributed by atoms with Gasteiger partial charge >= 0.3 is 0 Å². The maximum Gasteiger partial charge on any atom is 0.270 e. The normalized spacial score (nSPS) is 10.8. The van der Waals surface area contributed by atoms with Gasteiger partial charge in [0, 0.05) is 30.8 Å². The number of rotatable bonds is 7. The summed E-state index contributed by atoms with van der Waals surface area (Å²) in [4.78, 5) is 41.3. The van der Waals surface area contributed by atoms with Crippen LogP contribution < -0.4 is 10.6 Å². The number of amides is 2. The second-order valence-corrected chi connectivity index (χ2v) is 7.83. The first-order valence-electron chi connectivity index (χ1n) is 10.6. The molecular weight excluding hydrogens is 437 g/mol. The van der Waals surface area contributed by atoms with Gasteiger partial charge in [-0.2, -0.15) is 5.10 Å². The lowest BCUT2D eigenvalue weighted by Gasteiger charge is -2.10. The van der Waals surface area contributed by atoms with Gasteiger partial charge in [-0.05, 0) is 36.6 Å². The van der Waals surface area contributed by atoms with Crippen molar-refractivity contribution in [1.29, 1.82) is 0 Å². The molecule has 0 radical (unpaired) electrons. The van der Waals surface area contributed by atoms with E-state index in [4.69, 9.17) is 0 Å². The van der Waals surface area contributed by atoms with E-state index in [1.807, 2.05) is 0 Å². The number of nitrogens with zero attached hydrogens (tertiary/aromatic N) is 3. The Morgan fingerprint density at radius 1 is 0.912 bits per heavy atom. The maximum absolute atomic E-state index is 13.5. The van der Waals surface area contributed by atoms with Crippen molar-refractivity contribution in [2.24, 2.45) is 0 Å². The third kappa shape index (κ3) is 4.98. The first-order chi connectivity index (χ1) is 16.3. The van der Waals surface area contributed by atoms with Crippen molar-refractivity contribution < 1.29 is 18.8 Å². The molecule has 4 rings (SSSR count). The van der Waals surface area contributed by atoms with E-state index in [1.54, 1.807) is 49.4 Å². The molecule has 9 heteroatoms. The molecule has 4 aromatic rings. The van der Waals surface area contributed by atoms with Crippen LogP contribution >= 0.6 is 0 Å². The smallest absolute Gasteiger partial charge is 0.270 e. The van der Waals surface area contributed by atoms with Gasteiger partial charge in [-0.25, -0.2) is 13.9 Å². The average molecular weight is 459 g/mol. The van der Waals surface area contributed by atoms with Gasteiger partial charge in [0.25, 0.3) is 11.8 Å². The molecule has 0 aliphatic heterocycles. The van der Waals surface area contributed by atoms with Crippen LogP contribution in [0.4, 0.5) is 4.39 Å². The molecule has 2 N–H and O–H groups in total. The van der Waals surface area contributed by atoms with Crippen LogP contribution in [0.1, 0.15) is 54.9 Å². The van der Waals surface area contributed by atoms with Crippen molar-refractivity contribution >= 4 is 23.2 Å². The standard InChI is InChI=1S/C25H22FN5O3/c1-15-11-18(5-8-20(15)26)14-27-24(33)21-12-22(31-23(30-21)9-10-29-31)25(34)28-13-17-3-6-19(7-4-17)16(2)32/h3-12H,13-14H2,1-2H3,(H,27,33)(H,28,34). The zero-order valence-electron chi connectivity index (χ0n) is 18.6. The van der Waals surface area contributed by atoms with E-state index >= 15 is 0 Å². The van der Waals surface area contributed by atoms with Gasteiger partial charge in [0.05, 0.1) is 6.20 Å². The number of carbonyl (C=O) groups excluding carboxylic acids is 3. The number of aryl methyl sites for hydroxylation is 1. The molecule has 0 spiro atoms. The molecule has 172 valence electrons. The maximum atomic E-state index is 13.5. The van der Waals surface area contributed by atoms with Gasteiger partial charge in [-0.15, -0.1) is 0 Å². The van der Waals surface area contributed by atoms with E-state index in [9.17, 15) is 18.8 Å². The molecule has 0 saturated heterocycles. The van der Waals surface area contributed by atoms with Crippen molar-refractivity contribution in [1.82, 2.24) is 25.2 Å².